The summed E-state index contributed by atoms with van der Waals surface area (Å²) >= 11 is 8.28. The summed E-state index contributed by atoms with van der Waals surface area (Å²) in [6.45, 7) is 0. The van der Waals surface area contributed by atoms with Crippen LogP contribution in [-0.2, 0) is 7.05 Å². The average Bonchev–Trinajstić information content (AvgIpc) is 3.11. The van der Waals surface area contributed by atoms with Crippen molar-refractivity contribution in [3.8, 4) is 10.7 Å². The van der Waals surface area contributed by atoms with Crippen LogP contribution in [0.25, 0.3) is 10.7 Å². The standard InChI is InChI=1S/C11H8ClN5OS2/c1-17-11(13-9(15-17)6-3-2-4-19-6)14-10(18)7-5-8(12)16-20-7/h2-5H,1H3,(H,13,14,15,18). The third-order valence-corrected chi connectivity index (χ3v) is 4.38. The van der Waals surface area contributed by atoms with E-state index in [0.29, 0.717) is 21.8 Å². The number of nitrogens with one attached hydrogen (secondary N) is 1. The molecule has 0 saturated heterocycles. The van der Waals surface area contributed by atoms with Crippen molar-refractivity contribution in [3.63, 3.8) is 0 Å². The fourth-order valence-electron chi connectivity index (χ4n) is 1.53. The quantitative estimate of drug-likeness (QED) is 0.803. The Morgan fingerprint density at radius 3 is 3.00 bits per heavy atom. The molecular formula is C11H8ClN5OS2. The maximum absolute atomic E-state index is 12.0. The van der Waals surface area contributed by atoms with Gasteiger partial charge in [-0.1, -0.05) is 17.7 Å². The zero-order valence-electron chi connectivity index (χ0n) is 10.2. The van der Waals surface area contributed by atoms with E-state index in [0.717, 1.165) is 16.4 Å². The zero-order valence-corrected chi connectivity index (χ0v) is 12.6. The Bertz CT molecular complexity index is 749. The molecule has 1 amide bonds. The number of rotatable bonds is 3. The monoisotopic (exact) mass is 325 g/mol. The van der Waals surface area contributed by atoms with E-state index in [4.69, 9.17) is 11.6 Å². The van der Waals surface area contributed by atoms with Gasteiger partial charge in [0.25, 0.3) is 5.91 Å². The van der Waals surface area contributed by atoms with Gasteiger partial charge in [-0.25, -0.2) is 4.68 Å². The fourth-order valence-corrected chi connectivity index (χ4v) is 2.99. The van der Waals surface area contributed by atoms with Crippen LogP contribution in [0.2, 0.25) is 5.15 Å². The molecule has 0 aliphatic rings. The number of hydrogen-bond acceptors (Lipinski definition) is 6. The minimum absolute atomic E-state index is 0.303. The Balaban J connectivity index is 1.83. The molecule has 0 atom stereocenters. The molecular weight excluding hydrogens is 318 g/mol. The molecule has 0 aliphatic carbocycles. The lowest BCUT2D eigenvalue weighted by atomic mass is 10.4. The highest BCUT2D eigenvalue weighted by Gasteiger charge is 2.15. The fraction of sp³-hybridized carbons (Fsp3) is 0.0909. The Hall–Kier alpha value is -1.77. The van der Waals surface area contributed by atoms with E-state index >= 15 is 0 Å². The number of amides is 1. The summed E-state index contributed by atoms with van der Waals surface area (Å²) in [6, 6.07) is 5.36. The minimum Gasteiger partial charge on any atom is -0.290 e. The molecule has 9 heteroatoms. The number of anilines is 1. The molecule has 6 nitrogen and oxygen atoms in total. The molecule has 0 aromatic carbocycles. The third kappa shape index (κ3) is 2.58. The maximum Gasteiger partial charge on any atom is 0.269 e. The summed E-state index contributed by atoms with van der Waals surface area (Å²) in [5.74, 6) is 0.658. The molecule has 0 saturated carbocycles. The Kier molecular flexibility index (Phi) is 3.51. The van der Waals surface area contributed by atoms with Gasteiger partial charge in [0, 0.05) is 13.1 Å². The molecule has 20 heavy (non-hydrogen) atoms. The predicted octanol–water partition coefficient (Wildman–Crippen LogP) is 2.91. The van der Waals surface area contributed by atoms with Gasteiger partial charge in [-0.05, 0) is 23.0 Å². The van der Waals surface area contributed by atoms with Crippen molar-refractivity contribution >= 4 is 46.3 Å². The number of nitrogens with zero attached hydrogens (tertiary/aromatic N) is 4. The summed E-state index contributed by atoms with van der Waals surface area (Å²) in [6.07, 6.45) is 0. The van der Waals surface area contributed by atoms with Gasteiger partial charge in [-0.15, -0.1) is 16.4 Å². The minimum atomic E-state index is -0.303. The first kappa shape index (κ1) is 13.2. The third-order valence-electron chi connectivity index (χ3n) is 2.44. The van der Waals surface area contributed by atoms with Crippen molar-refractivity contribution in [2.24, 2.45) is 7.05 Å². The molecule has 3 rings (SSSR count). The summed E-state index contributed by atoms with van der Waals surface area (Å²) in [7, 11) is 1.72. The molecule has 3 aromatic rings. The first-order chi connectivity index (χ1) is 9.63. The van der Waals surface area contributed by atoms with E-state index in [9.17, 15) is 4.79 Å². The normalized spacial score (nSPS) is 10.7. The van der Waals surface area contributed by atoms with Crippen molar-refractivity contribution in [2.75, 3.05) is 5.32 Å². The van der Waals surface area contributed by atoms with E-state index in [-0.39, 0.29) is 5.91 Å². The Labute approximate surface area is 127 Å². The van der Waals surface area contributed by atoms with E-state index in [1.54, 1.807) is 18.4 Å². The largest absolute Gasteiger partial charge is 0.290 e. The molecule has 3 heterocycles. The molecule has 0 fully saturated rings. The predicted molar refractivity (Wildman–Crippen MR) is 79.4 cm³/mol. The molecule has 0 radical (unpaired) electrons. The molecule has 102 valence electrons. The summed E-state index contributed by atoms with van der Waals surface area (Å²) in [4.78, 5) is 17.7. The molecule has 0 spiro atoms. The van der Waals surface area contributed by atoms with Crippen LogP contribution in [0.15, 0.2) is 23.6 Å². The number of halogens is 1. The summed E-state index contributed by atoms with van der Waals surface area (Å²) < 4.78 is 5.38. The Morgan fingerprint density at radius 1 is 1.50 bits per heavy atom. The number of thiophene rings is 1. The number of hydrogen-bond donors (Lipinski definition) is 1. The number of carbonyl (C=O) groups excluding carboxylic acids is 1. The topological polar surface area (TPSA) is 72.7 Å². The lowest BCUT2D eigenvalue weighted by molar-refractivity contribution is 0.102. The first-order valence-electron chi connectivity index (χ1n) is 5.52. The van der Waals surface area contributed by atoms with E-state index < -0.39 is 0 Å². The van der Waals surface area contributed by atoms with Crippen LogP contribution in [0.3, 0.4) is 0 Å². The molecule has 1 N–H and O–H groups in total. The highest BCUT2D eigenvalue weighted by molar-refractivity contribution is 7.13. The van der Waals surface area contributed by atoms with E-state index in [1.807, 2.05) is 17.5 Å². The van der Waals surface area contributed by atoms with Crippen molar-refractivity contribution in [1.29, 1.82) is 0 Å². The SMILES string of the molecule is Cn1nc(-c2cccs2)nc1NC(=O)c1cc(Cl)ns1. The second-order valence-corrected chi connectivity index (χ2v) is 5.97. The van der Waals surface area contributed by atoms with Crippen LogP contribution >= 0.6 is 34.5 Å². The van der Waals surface area contributed by atoms with Crippen LogP contribution in [-0.4, -0.2) is 25.0 Å². The van der Waals surface area contributed by atoms with Crippen molar-refractivity contribution in [3.05, 3.63) is 33.6 Å². The second-order valence-electron chi connectivity index (χ2n) is 3.83. The van der Waals surface area contributed by atoms with Gasteiger partial charge < -0.3 is 0 Å². The molecule has 0 aliphatic heterocycles. The van der Waals surface area contributed by atoms with Crippen LogP contribution in [0.4, 0.5) is 5.95 Å². The van der Waals surface area contributed by atoms with E-state index in [1.165, 1.54) is 10.7 Å². The maximum atomic E-state index is 12.0. The van der Waals surface area contributed by atoms with Gasteiger partial charge in [0.2, 0.25) is 5.95 Å². The highest BCUT2D eigenvalue weighted by Crippen LogP contribution is 2.23. The van der Waals surface area contributed by atoms with Crippen LogP contribution < -0.4 is 5.32 Å². The lowest BCUT2D eigenvalue weighted by Crippen LogP contribution is -2.14. The van der Waals surface area contributed by atoms with Gasteiger partial charge in [-0.2, -0.15) is 9.36 Å². The van der Waals surface area contributed by atoms with Crippen molar-refractivity contribution < 1.29 is 4.79 Å². The molecule has 0 unspecified atom stereocenters. The number of aryl methyl sites for hydroxylation is 1. The smallest absolute Gasteiger partial charge is 0.269 e. The van der Waals surface area contributed by atoms with Gasteiger partial charge in [0.1, 0.15) is 10.0 Å². The Morgan fingerprint density at radius 2 is 2.35 bits per heavy atom. The number of carbonyl (C=O) groups is 1. The van der Waals surface area contributed by atoms with Crippen molar-refractivity contribution in [1.82, 2.24) is 19.1 Å². The zero-order chi connectivity index (χ0) is 14.1. The van der Waals surface area contributed by atoms with Crippen molar-refractivity contribution in [2.45, 2.75) is 0 Å². The second kappa shape index (κ2) is 5.31. The van der Waals surface area contributed by atoms with Gasteiger partial charge >= 0.3 is 0 Å². The molecule has 3 aromatic heterocycles. The van der Waals surface area contributed by atoms with Gasteiger partial charge in [0.15, 0.2) is 5.82 Å². The van der Waals surface area contributed by atoms with E-state index in [2.05, 4.69) is 19.8 Å². The van der Waals surface area contributed by atoms with Crippen LogP contribution in [0.5, 0.6) is 0 Å². The van der Waals surface area contributed by atoms with Gasteiger partial charge in [-0.3, -0.25) is 10.1 Å². The first-order valence-corrected chi connectivity index (χ1v) is 7.55. The highest BCUT2D eigenvalue weighted by atomic mass is 35.5. The lowest BCUT2D eigenvalue weighted by Gasteiger charge is -2.00. The van der Waals surface area contributed by atoms with Crippen LogP contribution in [0, 0.1) is 0 Å². The summed E-state index contributed by atoms with van der Waals surface area (Å²) in [5, 5.41) is 9.21. The number of aromatic nitrogens is 4. The molecule has 0 bridgehead atoms. The average molecular weight is 326 g/mol. The summed E-state index contributed by atoms with van der Waals surface area (Å²) in [5.41, 5.74) is 0. The van der Waals surface area contributed by atoms with Crippen LogP contribution in [0.1, 0.15) is 9.67 Å². The van der Waals surface area contributed by atoms with Gasteiger partial charge in [0.05, 0.1) is 4.88 Å².